The molecule has 1 heterocycles. The number of pyridine rings is 1. The van der Waals surface area contributed by atoms with E-state index >= 15 is 0 Å². The van der Waals surface area contributed by atoms with Crippen LogP contribution in [0.4, 0.5) is 0 Å². The van der Waals surface area contributed by atoms with E-state index in [0.29, 0.717) is 25.5 Å². The number of carbonyl (C=O) groups is 1. The molecule has 1 aromatic heterocycles. The van der Waals surface area contributed by atoms with Gasteiger partial charge in [0.25, 0.3) is 12.6 Å². The fraction of sp³-hybridized carbons (Fsp3) is 0.250. The van der Waals surface area contributed by atoms with Crippen LogP contribution in [0.15, 0.2) is 48.8 Å². The van der Waals surface area contributed by atoms with Crippen LogP contribution in [0.2, 0.25) is 0 Å². The molecule has 1 aromatic carbocycles. The van der Waals surface area contributed by atoms with E-state index in [2.05, 4.69) is 0 Å². The van der Waals surface area contributed by atoms with Crippen molar-refractivity contribution in [3.63, 3.8) is 0 Å². The Kier molecular flexibility index (Phi) is 5.73. The van der Waals surface area contributed by atoms with Gasteiger partial charge in [-0.1, -0.05) is 0 Å². The van der Waals surface area contributed by atoms with Crippen molar-refractivity contribution in [2.24, 2.45) is 5.73 Å². The Bertz CT molecular complexity index is 614. The van der Waals surface area contributed by atoms with E-state index in [4.69, 9.17) is 19.9 Å². The normalized spacial score (nSPS) is 10.2. The van der Waals surface area contributed by atoms with Crippen LogP contribution in [0.5, 0.6) is 11.5 Å². The molecule has 0 spiro atoms. The predicted molar refractivity (Wildman–Crippen MR) is 79.6 cm³/mol. The zero-order valence-corrected chi connectivity index (χ0v) is 12.4. The fourth-order valence-corrected chi connectivity index (χ4v) is 1.81. The third-order valence-electron chi connectivity index (χ3n) is 2.94. The number of carbonyl (C=O) groups excluding carboxylic acids is 1. The summed E-state index contributed by atoms with van der Waals surface area (Å²) < 4.78 is 17.8. The van der Waals surface area contributed by atoms with Crippen molar-refractivity contribution in [2.45, 2.75) is 6.73 Å². The summed E-state index contributed by atoms with van der Waals surface area (Å²) in [7, 11) is 1.62. The lowest BCUT2D eigenvalue weighted by molar-refractivity contribution is -0.732. The molecule has 0 unspecified atom stereocenters. The number of nitrogens with two attached hydrogens (primary N) is 1. The Hall–Kier alpha value is -2.60. The van der Waals surface area contributed by atoms with Gasteiger partial charge in [0.05, 0.1) is 13.7 Å². The van der Waals surface area contributed by atoms with Crippen LogP contribution in [0.25, 0.3) is 0 Å². The molecule has 116 valence electrons. The monoisotopic (exact) mass is 303 g/mol. The Morgan fingerprint density at radius 3 is 2.55 bits per heavy atom. The predicted octanol–water partition coefficient (Wildman–Crippen LogP) is 1.13. The second kappa shape index (κ2) is 7.99. The third-order valence-corrected chi connectivity index (χ3v) is 2.94. The maximum Gasteiger partial charge on any atom is 0.254 e. The number of amides is 1. The smallest absolute Gasteiger partial charge is 0.254 e. The number of benzene rings is 1. The Labute approximate surface area is 129 Å². The summed E-state index contributed by atoms with van der Waals surface area (Å²) in [5.41, 5.74) is 5.67. The first-order valence-corrected chi connectivity index (χ1v) is 6.82. The number of ether oxygens (including phenoxy) is 3. The maximum atomic E-state index is 11.1. The van der Waals surface area contributed by atoms with Gasteiger partial charge in [-0.3, -0.25) is 4.79 Å². The van der Waals surface area contributed by atoms with Crippen molar-refractivity contribution in [3.05, 3.63) is 54.4 Å². The Morgan fingerprint density at radius 2 is 1.86 bits per heavy atom. The Morgan fingerprint density at radius 1 is 1.14 bits per heavy atom. The molecule has 2 aromatic rings. The molecule has 0 radical (unpaired) electrons. The molecule has 0 aliphatic carbocycles. The zero-order chi connectivity index (χ0) is 15.8. The van der Waals surface area contributed by atoms with E-state index < -0.39 is 5.91 Å². The van der Waals surface area contributed by atoms with Crippen molar-refractivity contribution in [1.82, 2.24) is 0 Å². The van der Waals surface area contributed by atoms with Crippen molar-refractivity contribution in [3.8, 4) is 11.5 Å². The third kappa shape index (κ3) is 4.75. The molecule has 0 saturated carbocycles. The highest BCUT2D eigenvalue weighted by Gasteiger charge is 2.06. The van der Waals surface area contributed by atoms with Crippen LogP contribution in [0.1, 0.15) is 10.4 Å². The highest BCUT2D eigenvalue weighted by atomic mass is 16.5. The molecule has 0 atom stereocenters. The minimum Gasteiger partial charge on any atom is -0.497 e. The van der Waals surface area contributed by atoms with E-state index in [1.54, 1.807) is 36.2 Å². The molecule has 22 heavy (non-hydrogen) atoms. The van der Waals surface area contributed by atoms with Crippen LogP contribution in [0.3, 0.4) is 0 Å². The van der Waals surface area contributed by atoms with Gasteiger partial charge in [-0.25, -0.2) is 0 Å². The lowest BCUT2D eigenvalue weighted by Crippen LogP contribution is -2.36. The van der Waals surface area contributed by atoms with E-state index in [1.165, 1.54) is 0 Å². The van der Waals surface area contributed by atoms with Crippen molar-refractivity contribution in [1.29, 1.82) is 0 Å². The van der Waals surface area contributed by atoms with Gasteiger partial charge in [-0.2, -0.15) is 4.57 Å². The molecule has 0 aliphatic heterocycles. The number of hydrogen-bond acceptors (Lipinski definition) is 4. The van der Waals surface area contributed by atoms with Crippen LogP contribution in [-0.2, 0) is 11.5 Å². The highest BCUT2D eigenvalue weighted by Crippen LogP contribution is 2.16. The number of nitrogens with zero attached hydrogens (tertiary/aromatic N) is 1. The van der Waals surface area contributed by atoms with Crippen LogP contribution < -0.4 is 19.8 Å². The molecular weight excluding hydrogens is 284 g/mol. The van der Waals surface area contributed by atoms with Crippen LogP contribution in [0, 0.1) is 0 Å². The van der Waals surface area contributed by atoms with Gasteiger partial charge in [0.15, 0.2) is 12.4 Å². The quantitative estimate of drug-likeness (QED) is 0.586. The summed E-state index contributed by atoms with van der Waals surface area (Å²) in [6.07, 6.45) is 3.45. The molecule has 0 aliphatic rings. The molecule has 6 nitrogen and oxygen atoms in total. The molecule has 1 amide bonds. The van der Waals surface area contributed by atoms with Gasteiger partial charge in [-0.15, -0.1) is 0 Å². The van der Waals surface area contributed by atoms with E-state index in [1.807, 2.05) is 24.3 Å². The first kappa shape index (κ1) is 15.8. The van der Waals surface area contributed by atoms with Gasteiger partial charge in [0, 0.05) is 6.07 Å². The summed E-state index contributed by atoms with van der Waals surface area (Å²) in [5, 5.41) is 0. The van der Waals surface area contributed by atoms with Gasteiger partial charge in [0.1, 0.15) is 23.7 Å². The number of rotatable bonds is 8. The molecular formula is C16H19N2O4+. The molecule has 6 heteroatoms. The van der Waals surface area contributed by atoms with Crippen molar-refractivity contribution in [2.75, 3.05) is 20.3 Å². The average Bonchev–Trinajstić information content (AvgIpc) is 2.55. The van der Waals surface area contributed by atoms with Crippen LogP contribution in [-0.4, -0.2) is 26.2 Å². The van der Waals surface area contributed by atoms with Gasteiger partial charge in [-0.05, 0) is 30.3 Å². The fourth-order valence-electron chi connectivity index (χ4n) is 1.81. The number of primary amides is 1. The summed E-state index contributed by atoms with van der Waals surface area (Å²) in [4.78, 5) is 11.1. The van der Waals surface area contributed by atoms with Gasteiger partial charge < -0.3 is 19.9 Å². The SMILES string of the molecule is COc1ccc(OCCOC[n+]2cccc(C(N)=O)c2)cc1. The lowest BCUT2D eigenvalue weighted by Gasteiger charge is -2.06. The molecule has 0 fully saturated rings. The minimum absolute atomic E-state index is 0.326. The van der Waals surface area contributed by atoms with Gasteiger partial charge >= 0.3 is 0 Å². The van der Waals surface area contributed by atoms with Crippen molar-refractivity contribution >= 4 is 5.91 Å². The second-order valence-corrected chi connectivity index (χ2v) is 4.53. The number of methoxy groups -OCH3 is 1. The van der Waals surface area contributed by atoms with E-state index in [0.717, 1.165) is 11.5 Å². The largest absolute Gasteiger partial charge is 0.497 e. The minimum atomic E-state index is -0.461. The second-order valence-electron chi connectivity index (χ2n) is 4.53. The van der Waals surface area contributed by atoms with Gasteiger partial charge in [0.2, 0.25) is 0 Å². The molecule has 0 bridgehead atoms. The first-order chi connectivity index (χ1) is 10.7. The standard InChI is InChI=1S/C16H18N2O4/c1-20-14-4-6-15(7-5-14)22-10-9-21-12-18-8-2-3-13(11-18)16(17)19/h2-8,11H,9-10,12H2,1H3,(H-,17,19)/p+1. The van der Waals surface area contributed by atoms with E-state index in [-0.39, 0.29) is 0 Å². The lowest BCUT2D eigenvalue weighted by atomic mass is 10.3. The van der Waals surface area contributed by atoms with E-state index in [9.17, 15) is 4.79 Å². The molecule has 2 N–H and O–H groups in total. The summed E-state index contributed by atoms with van der Waals surface area (Å²) in [6.45, 7) is 1.19. The molecule has 0 saturated heterocycles. The summed E-state index contributed by atoms with van der Waals surface area (Å²) >= 11 is 0. The topological polar surface area (TPSA) is 74.7 Å². The summed E-state index contributed by atoms with van der Waals surface area (Å²) in [6, 6.07) is 10.7. The number of aromatic nitrogens is 1. The maximum absolute atomic E-state index is 11.1. The molecule has 2 rings (SSSR count). The van der Waals surface area contributed by atoms with Crippen molar-refractivity contribution < 1.29 is 23.6 Å². The number of hydrogen-bond donors (Lipinski definition) is 1. The van der Waals surface area contributed by atoms with Crippen LogP contribution >= 0.6 is 0 Å². The Balaban J connectivity index is 1.70. The first-order valence-electron chi connectivity index (χ1n) is 6.82. The zero-order valence-electron chi connectivity index (χ0n) is 12.4. The summed E-state index contributed by atoms with van der Waals surface area (Å²) in [5.74, 6) is 1.08. The highest BCUT2D eigenvalue weighted by molar-refractivity contribution is 5.92. The average molecular weight is 303 g/mol.